The van der Waals surface area contributed by atoms with Crippen LogP contribution in [0.1, 0.15) is 34.5 Å². The van der Waals surface area contributed by atoms with Gasteiger partial charge in [-0.25, -0.2) is 12.7 Å². The molecule has 0 bridgehead atoms. The fraction of sp³-hybridized carbons (Fsp3) is 0.300. The zero-order valence-electron chi connectivity index (χ0n) is 16.3. The van der Waals surface area contributed by atoms with Crippen molar-refractivity contribution in [2.24, 2.45) is 0 Å². The minimum absolute atomic E-state index is 0.289. The van der Waals surface area contributed by atoms with Gasteiger partial charge in [-0.05, 0) is 36.8 Å². The molecule has 1 atom stereocenters. The number of hydrogen-bond acceptors (Lipinski definition) is 6. The SMILES string of the molecule is COc1ccc(OC)c(C(C)NC(=O)CN2C(=O)c3ccccc3CS2(=O)=O)c1. The van der Waals surface area contributed by atoms with E-state index < -0.39 is 34.4 Å². The molecule has 2 aromatic rings. The molecular weight excluding hydrogens is 396 g/mol. The quantitative estimate of drug-likeness (QED) is 0.768. The van der Waals surface area contributed by atoms with E-state index in [1.54, 1.807) is 49.4 Å². The lowest BCUT2D eigenvalue weighted by Crippen LogP contribution is -2.47. The van der Waals surface area contributed by atoms with E-state index in [0.717, 1.165) is 0 Å². The Bertz CT molecular complexity index is 1050. The van der Waals surface area contributed by atoms with E-state index in [-0.39, 0.29) is 11.3 Å². The molecule has 0 saturated carbocycles. The number of carbonyl (C=O) groups excluding carboxylic acids is 2. The Morgan fingerprint density at radius 1 is 1.17 bits per heavy atom. The van der Waals surface area contributed by atoms with Gasteiger partial charge in [0.15, 0.2) is 0 Å². The molecule has 1 heterocycles. The van der Waals surface area contributed by atoms with Gasteiger partial charge in [-0.15, -0.1) is 0 Å². The number of nitrogens with zero attached hydrogens (tertiary/aromatic N) is 1. The van der Waals surface area contributed by atoms with Gasteiger partial charge in [0.25, 0.3) is 5.91 Å². The Morgan fingerprint density at radius 2 is 1.90 bits per heavy atom. The number of hydrogen-bond donors (Lipinski definition) is 1. The molecule has 0 aliphatic carbocycles. The van der Waals surface area contributed by atoms with E-state index in [0.29, 0.717) is 26.9 Å². The molecule has 9 heteroatoms. The van der Waals surface area contributed by atoms with E-state index in [1.165, 1.54) is 14.2 Å². The van der Waals surface area contributed by atoms with Gasteiger partial charge in [-0.3, -0.25) is 9.59 Å². The molecular formula is C20H22N2O6S. The average molecular weight is 418 g/mol. The van der Waals surface area contributed by atoms with Crippen molar-refractivity contribution in [2.45, 2.75) is 18.7 Å². The highest BCUT2D eigenvalue weighted by molar-refractivity contribution is 7.89. The van der Waals surface area contributed by atoms with Crippen molar-refractivity contribution >= 4 is 21.8 Å². The number of ether oxygens (including phenoxy) is 2. The number of amides is 2. The zero-order chi connectivity index (χ0) is 21.2. The Balaban J connectivity index is 1.78. The minimum atomic E-state index is -3.93. The second kappa shape index (κ2) is 8.12. The lowest BCUT2D eigenvalue weighted by molar-refractivity contribution is -0.121. The third-order valence-corrected chi connectivity index (χ3v) is 6.36. The predicted octanol–water partition coefficient (Wildman–Crippen LogP) is 1.87. The number of nitrogens with one attached hydrogen (secondary N) is 1. The van der Waals surface area contributed by atoms with Crippen molar-refractivity contribution in [3.05, 3.63) is 59.2 Å². The molecule has 29 heavy (non-hydrogen) atoms. The van der Waals surface area contributed by atoms with Crippen LogP contribution < -0.4 is 14.8 Å². The van der Waals surface area contributed by atoms with Crippen LogP contribution in [0.2, 0.25) is 0 Å². The third kappa shape index (κ3) is 4.19. The van der Waals surface area contributed by atoms with E-state index in [4.69, 9.17) is 9.47 Å². The highest BCUT2D eigenvalue weighted by Crippen LogP contribution is 2.29. The summed E-state index contributed by atoms with van der Waals surface area (Å²) in [4.78, 5) is 25.2. The summed E-state index contributed by atoms with van der Waals surface area (Å²) >= 11 is 0. The monoisotopic (exact) mass is 418 g/mol. The highest BCUT2D eigenvalue weighted by atomic mass is 32.2. The summed E-state index contributed by atoms with van der Waals surface area (Å²) in [6.07, 6.45) is 0. The molecule has 3 rings (SSSR count). The summed E-state index contributed by atoms with van der Waals surface area (Å²) < 4.78 is 36.2. The lowest BCUT2D eigenvalue weighted by atomic mass is 10.1. The standard InChI is InChI=1S/C20H22N2O6S/c1-13(17-10-15(27-2)8-9-18(17)28-3)21-19(23)11-22-20(24)16-7-5-4-6-14(16)12-29(22,25)26/h4-10,13H,11-12H2,1-3H3,(H,21,23). The second-order valence-electron chi connectivity index (χ2n) is 6.62. The van der Waals surface area contributed by atoms with Gasteiger partial charge in [0.1, 0.15) is 18.0 Å². The van der Waals surface area contributed by atoms with Crippen LogP contribution in [0.25, 0.3) is 0 Å². The molecule has 0 radical (unpaired) electrons. The fourth-order valence-electron chi connectivity index (χ4n) is 3.23. The number of sulfonamides is 1. The molecule has 1 aliphatic rings. The molecule has 1 unspecified atom stereocenters. The van der Waals surface area contributed by atoms with Gasteiger partial charge in [0.2, 0.25) is 15.9 Å². The molecule has 1 aliphatic heterocycles. The van der Waals surface area contributed by atoms with Crippen LogP contribution in [0.15, 0.2) is 42.5 Å². The molecule has 154 valence electrons. The maximum Gasteiger partial charge on any atom is 0.268 e. The smallest absolute Gasteiger partial charge is 0.268 e. The van der Waals surface area contributed by atoms with Crippen LogP contribution in [0.5, 0.6) is 11.5 Å². The summed E-state index contributed by atoms with van der Waals surface area (Å²) in [5.41, 5.74) is 1.39. The number of methoxy groups -OCH3 is 2. The minimum Gasteiger partial charge on any atom is -0.497 e. The fourth-order valence-corrected chi connectivity index (χ4v) is 4.70. The van der Waals surface area contributed by atoms with Gasteiger partial charge in [0.05, 0.1) is 26.0 Å². The number of rotatable bonds is 6. The first-order valence-corrected chi connectivity index (χ1v) is 10.5. The number of fused-ring (bicyclic) bond motifs is 1. The molecule has 2 amide bonds. The van der Waals surface area contributed by atoms with E-state index >= 15 is 0 Å². The van der Waals surface area contributed by atoms with Gasteiger partial charge < -0.3 is 14.8 Å². The Morgan fingerprint density at radius 3 is 2.59 bits per heavy atom. The molecule has 2 aromatic carbocycles. The Kier molecular flexibility index (Phi) is 5.78. The Hall–Kier alpha value is -3.07. The first kappa shape index (κ1) is 20.7. The van der Waals surface area contributed by atoms with Gasteiger partial charge >= 0.3 is 0 Å². The first-order chi connectivity index (χ1) is 13.8. The summed E-state index contributed by atoms with van der Waals surface area (Å²) in [7, 11) is -0.889. The van der Waals surface area contributed by atoms with Crippen LogP contribution in [-0.2, 0) is 20.6 Å². The highest BCUT2D eigenvalue weighted by Gasteiger charge is 2.37. The van der Waals surface area contributed by atoms with Crippen molar-refractivity contribution < 1.29 is 27.5 Å². The van der Waals surface area contributed by atoms with Gasteiger partial charge in [0, 0.05) is 11.1 Å². The van der Waals surface area contributed by atoms with Crippen LogP contribution in [-0.4, -0.2) is 45.3 Å². The topological polar surface area (TPSA) is 102 Å². The average Bonchev–Trinajstić information content (AvgIpc) is 2.70. The second-order valence-corrected chi connectivity index (χ2v) is 8.52. The summed E-state index contributed by atoms with van der Waals surface area (Å²) in [6, 6.07) is 11.2. The van der Waals surface area contributed by atoms with Crippen molar-refractivity contribution in [1.82, 2.24) is 9.62 Å². The van der Waals surface area contributed by atoms with E-state index in [9.17, 15) is 18.0 Å². The summed E-state index contributed by atoms with van der Waals surface area (Å²) in [5.74, 6) is -0.477. The molecule has 1 N–H and O–H groups in total. The van der Waals surface area contributed by atoms with E-state index in [2.05, 4.69) is 5.32 Å². The number of carbonyl (C=O) groups is 2. The van der Waals surface area contributed by atoms with Crippen molar-refractivity contribution in [1.29, 1.82) is 0 Å². The van der Waals surface area contributed by atoms with Gasteiger partial charge in [-0.2, -0.15) is 0 Å². The van der Waals surface area contributed by atoms with Crippen LogP contribution >= 0.6 is 0 Å². The molecule has 8 nitrogen and oxygen atoms in total. The molecule has 0 aromatic heterocycles. The molecule has 0 spiro atoms. The molecule has 0 saturated heterocycles. The summed E-state index contributed by atoms with van der Waals surface area (Å²) in [5, 5.41) is 2.72. The van der Waals surface area contributed by atoms with Gasteiger partial charge in [-0.1, -0.05) is 18.2 Å². The Labute approximate surface area is 169 Å². The maximum absolute atomic E-state index is 12.6. The summed E-state index contributed by atoms with van der Waals surface area (Å²) in [6.45, 7) is 1.14. The molecule has 0 fully saturated rings. The van der Waals surface area contributed by atoms with Crippen LogP contribution in [0.4, 0.5) is 0 Å². The largest absolute Gasteiger partial charge is 0.497 e. The van der Waals surface area contributed by atoms with Crippen molar-refractivity contribution in [2.75, 3.05) is 20.8 Å². The zero-order valence-corrected chi connectivity index (χ0v) is 17.2. The van der Waals surface area contributed by atoms with E-state index in [1.807, 2.05) is 0 Å². The normalized spacial score (nSPS) is 16.0. The number of benzene rings is 2. The van der Waals surface area contributed by atoms with Crippen molar-refractivity contribution in [3.63, 3.8) is 0 Å². The lowest BCUT2D eigenvalue weighted by Gasteiger charge is -2.28. The van der Waals surface area contributed by atoms with Crippen LogP contribution in [0, 0.1) is 0 Å². The third-order valence-electron chi connectivity index (χ3n) is 4.72. The predicted molar refractivity (Wildman–Crippen MR) is 106 cm³/mol. The maximum atomic E-state index is 12.6. The van der Waals surface area contributed by atoms with Crippen molar-refractivity contribution in [3.8, 4) is 11.5 Å². The van der Waals surface area contributed by atoms with Crippen LogP contribution in [0.3, 0.4) is 0 Å². The first-order valence-electron chi connectivity index (χ1n) is 8.90.